The molecule has 1 aromatic carbocycles. The van der Waals surface area contributed by atoms with Gasteiger partial charge in [-0.25, -0.2) is 0 Å². The van der Waals surface area contributed by atoms with Crippen LogP contribution in [0.15, 0.2) is 18.2 Å². The summed E-state index contributed by atoms with van der Waals surface area (Å²) in [7, 11) is 1.71. The van der Waals surface area contributed by atoms with Gasteiger partial charge in [-0.05, 0) is 57.4 Å². The zero-order chi connectivity index (χ0) is 14.0. The van der Waals surface area contributed by atoms with Gasteiger partial charge in [-0.2, -0.15) is 0 Å². The van der Waals surface area contributed by atoms with Crippen molar-refractivity contribution >= 4 is 0 Å². The molecule has 1 fully saturated rings. The van der Waals surface area contributed by atoms with E-state index < -0.39 is 0 Å². The quantitative estimate of drug-likeness (QED) is 0.906. The second kappa shape index (κ2) is 5.51. The predicted molar refractivity (Wildman–Crippen MR) is 79.5 cm³/mol. The van der Waals surface area contributed by atoms with Gasteiger partial charge < -0.3 is 10.5 Å². The van der Waals surface area contributed by atoms with E-state index in [-0.39, 0.29) is 5.54 Å². The average Bonchev–Trinajstić information content (AvgIpc) is 2.71. The minimum absolute atomic E-state index is 0.248. The summed E-state index contributed by atoms with van der Waals surface area (Å²) in [5, 5.41) is 0. The molecule has 0 radical (unpaired) electrons. The summed E-state index contributed by atoms with van der Waals surface area (Å²) in [6.07, 6.45) is 2.51. The first-order valence-electron chi connectivity index (χ1n) is 7.11. The van der Waals surface area contributed by atoms with Crippen LogP contribution in [0.1, 0.15) is 43.9 Å². The molecule has 2 N–H and O–H groups in total. The molecule has 19 heavy (non-hydrogen) atoms. The van der Waals surface area contributed by atoms with Crippen LogP contribution < -0.4 is 10.5 Å². The maximum Gasteiger partial charge on any atom is 0.121 e. The van der Waals surface area contributed by atoms with Gasteiger partial charge in [0.1, 0.15) is 5.75 Å². The molecule has 0 saturated carbocycles. The van der Waals surface area contributed by atoms with Gasteiger partial charge in [0.25, 0.3) is 0 Å². The number of hydrogen-bond donors (Lipinski definition) is 1. The van der Waals surface area contributed by atoms with E-state index in [1.54, 1.807) is 7.11 Å². The van der Waals surface area contributed by atoms with Gasteiger partial charge in [0.05, 0.1) is 7.11 Å². The minimum Gasteiger partial charge on any atom is -0.496 e. The lowest BCUT2D eigenvalue weighted by Gasteiger charge is -2.38. The summed E-state index contributed by atoms with van der Waals surface area (Å²) in [6, 6.07) is 6.72. The third-order valence-corrected chi connectivity index (χ3v) is 4.37. The topological polar surface area (TPSA) is 38.5 Å². The first-order valence-corrected chi connectivity index (χ1v) is 7.11. The Bertz CT molecular complexity index is 442. The van der Waals surface area contributed by atoms with Crippen molar-refractivity contribution in [1.82, 2.24) is 4.90 Å². The highest BCUT2D eigenvalue weighted by molar-refractivity contribution is 5.37. The lowest BCUT2D eigenvalue weighted by Crippen LogP contribution is -2.43. The number of methoxy groups -OCH3 is 1. The zero-order valence-electron chi connectivity index (χ0n) is 12.6. The van der Waals surface area contributed by atoms with Crippen LogP contribution in [0.2, 0.25) is 0 Å². The minimum atomic E-state index is 0.248. The molecule has 1 heterocycles. The maximum atomic E-state index is 6.05. The summed E-state index contributed by atoms with van der Waals surface area (Å²) in [5.41, 5.74) is 8.78. The summed E-state index contributed by atoms with van der Waals surface area (Å²) in [5.74, 6) is 0.945. The molecular formula is C16H26N2O. The highest BCUT2D eigenvalue weighted by Crippen LogP contribution is 2.36. The third kappa shape index (κ3) is 2.77. The molecule has 2 rings (SSSR count). The SMILES string of the molecule is COc1ccc(C(CN)N2CCCC2(C)C)cc1C. The Labute approximate surface area is 116 Å². The standard InChI is InChI=1S/C16H26N2O/c1-12-10-13(6-7-15(12)19-4)14(11-17)18-9-5-8-16(18,2)3/h6-7,10,14H,5,8-9,11,17H2,1-4H3. The van der Waals surface area contributed by atoms with Crippen LogP contribution in [-0.4, -0.2) is 30.6 Å². The molecule has 1 aliphatic heterocycles. The number of hydrogen-bond acceptors (Lipinski definition) is 3. The maximum absolute atomic E-state index is 6.05. The molecule has 0 aromatic heterocycles. The molecule has 1 aromatic rings. The van der Waals surface area contributed by atoms with Crippen LogP contribution in [0.25, 0.3) is 0 Å². The molecule has 1 aliphatic rings. The van der Waals surface area contributed by atoms with Gasteiger partial charge in [0.15, 0.2) is 0 Å². The summed E-state index contributed by atoms with van der Waals surface area (Å²) in [6.45, 7) is 8.53. The lowest BCUT2D eigenvalue weighted by atomic mass is 9.96. The van der Waals surface area contributed by atoms with Gasteiger partial charge in [-0.3, -0.25) is 4.90 Å². The highest BCUT2D eigenvalue weighted by Gasteiger charge is 2.36. The first kappa shape index (κ1) is 14.4. The molecule has 3 heteroatoms. The van der Waals surface area contributed by atoms with E-state index in [2.05, 4.69) is 43.9 Å². The van der Waals surface area contributed by atoms with Crippen LogP contribution >= 0.6 is 0 Å². The van der Waals surface area contributed by atoms with Gasteiger partial charge in [-0.15, -0.1) is 0 Å². The van der Waals surface area contributed by atoms with Crippen LogP contribution in [-0.2, 0) is 0 Å². The summed E-state index contributed by atoms with van der Waals surface area (Å²) >= 11 is 0. The predicted octanol–water partition coefficient (Wildman–Crippen LogP) is 2.88. The Balaban J connectivity index is 2.29. The molecule has 3 nitrogen and oxygen atoms in total. The molecule has 1 saturated heterocycles. The van der Waals surface area contributed by atoms with Crippen molar-refractivity contribution in [2.75, 3.05) is 20.2 Å². The Morgan fingerprint density at radius 2 is 2.16 bits per heavy atom. The summed E-state index contributed by atoms with van der Waals surface area (Å²) < 4.78 is 5.33. The van der Waals surface area contributed by atoms with Crippen LogP contribution in [0.5, 0.6) is 5.75 Å². The second-order valence-electron chi connectivity index (χ2n) is 6.09. The van der Waals surface area contributed by atoms with E-state index >= 15 is 0 Å². The number of nitrogens with two attached hydrogens (primary N) is 1. The second-order valence-corrected chi connectivity index (χ2v) is 6.09. The molecule has 0 spiro atoms. The zero-order valence-corrected chi connectivity index (χ0v) is 12.6. The molecule has 106 valence electrons. The summed E-state index contributed by atoms with van der Waals surface area (Å²) in [4.78, 5) is 2.55. The van der Waals surface area contributed by atoms with E-state index in [0.29, 0.717) is 12.6 Å². The van der Waals surface area contributed by atoms with Crippen molar-refractivity contribution in [2.45, 2.75) is 45.2 Å². The van der Waals surface area contributed by atoms with Crippen molar-refractivity contribution in [1.29, 1.82) is 0 Å². The third-order valence-electron chi connectivity index (χ3n) is 4.37. The Morgan fingerprint density at radius 1 is 1.42 bits per heavy atom. The van der Waals surface area contributed by atoms with Crippen LogP contribution in [0.3, 0.4) is 0 Å². The molecule has 0 amide bonds. The molecule has 1 atom stereocenters. The molecule has 0 bridgehead atoms. The number of likely N-dealkylation sites (tertiary alicyclic amines) is 1. The van der Waals surface area contributed by atoms with Gasteiger partial charge in [0, 0.05) is 18.1 Å². The van der Waals surface area contributed by atoms with Gasteiger partial charge >= 0.3 is 0 Å². The molecule has 0 aliphatic carbocycles. The number of rotatable bonds is 4. The number of ether oxygens (including phenoxy) is 1. The molecular weight excluding hydrogens is 236 g/mol. The van der Waals surface area contributed by atoms with E-state index in [1.165, 1.54) is 24.0 Å². The van der Waals surface area contributed by atoms with E-state index in [1.807, 2.05) is 0 Å². The van der Waals surface area contributed by atoms with Crippen LogP contribution in [0, 0.1) is 6.92 Å². The monoisotopic (exact) mass is 262 g/mol. The molecule has 1 unspecified atom stereocenters. The van der Waals surface area contributed by atoms with Crippen molar-refractivity contribution in [3.63, 3.8) is 0 Å². The van der Waals surface area contributed by atoms with Crippen molar-refractivity contribution in [2.24, 2.45) is 5.73 Å². The number of nitrogens with zero attached hydrogens (tertiary/aromatic N) is 1. The highest BCUT2D eigenvalue weighted by atomic mass is 16.5. The fourth-order valence-electron chi connectivity index (χ4n) is 3.26. The number of aryl methyl sites for hydroxylation is 1. The Morgan fingerprint density at radius 3 is 2.63 bits per heavy atom. The van der Waals surface area contributed by atoms with Gasteiger partial charge in [-0.1, -0.05) is 12.1 Å². The van der Waals surface area contributed by atoms with E-state index in [9.17, 15) is 0 Å². The lowest BCUT2D eigenvalue weighted by molar-refractivity contribution is 0.119. The smallest absolute Gasteiger partial charge is 0.121 e. The average molecular weight is 262 g/mol. The van der Waals surface area contributed by atoms with Crippen molar-refractivity contribution in [3.8, 4) is 5.75 Å². The first-order chi connectivity index (χ1) is 8.99. The Kier molecular flexibility index (Phi) is 4.16. The van der Waals surface area contributed by atoms with E-state index in [0.717, 1.165) is 12.3 Å². The fraction of sp³-hybridized carbons (Fsp3) is 0.625. The largest absolute Gasteiger partial charge is 0.496 e. The van der Waals surface area contributed by atoms with Crippen LogP contribution in [0.4, 0.5) is 0 Å². The van der Waals surface area contributed by atoms with Gasteiger partial charge in [0.2, 0.25) is 0 Å². The Hall–Kier alpha value is -1.06. The van der Waals surface area contributed by atoms with Crippen molar-refractivity contribution < 1.29 is 4.74 Å². The van der Waals surface area contributed by atoms with E-state index in [4.69, 9.17) is 10.5 Å². The number of benzene rings is 1. The normalized spacial score (nSPS) is 20.5. The fourth-order valence-corrected chi connectivity index (χ4v) is 3.26. The van der Waals surface area contributed by atoms with Crippen molar-refractivity contribution in [3.05, 3.63) is 29.3 Å².